The first-order chi connectivity index (χ1) is 9.06. The number of rotatable bonds is 3. The number of carbonyl (C=O) groups is 1. The van der Waals surface area contributed by atoms with Crippen LogP contribution in [0, 0.1) is 11.8 Å². The number of pyridine rings is 1. The fourth-order valence-electron chi connectivity index (χ4n) is 2.17. The first-order valence-electron chi connectivity index (χ1n) is 7.08. The van der Waals surface area contributed by atoms with E-state index >= 15 is 0 Å². The zero-order valence-corrected chi connectivity index (χ0v) is 12.0. The molecule has 4 nitrogen and oxygen atoms in total. The minimum atomic E-state index is -0.0109. The highest BCUT2D eigenvalue weighted by Gasteiger charge is 2.16. The average molecular weight is 261 g/mol. The summed E-state index contributed by atoms with van der Waals surface area (Å²) in [6.07, 6.45) is 4.20. The minimum absolute atomic E-state index is 0.0109. The largest absolute Gasteiger partial charge is 0.357 e. The quantitative estimate of drug-likeness (QED) is 0.910. The molecular weight excluding hydrogens is 238 g/mol. The van der Waals surface area contributed by atoms with Crippen LogP contribution in [-0.4, -0.2) is 24.0 Å². The zero-order valence-electron chi connectivity index (χ0n) is 12.0. The van der Waals surface area contributed by atoms with Crippen LogP contribution in [0.5, 0.6) is 0 Å². The van der Waals surface area contributed by atoms with Crippen LogP contribution in [-0.2, 0) is 4.79 Å². The molecule has 2 rings (SSSR count). The molecule has 4 heteroatoms. The summed E-state index contributed by atoms with van der Waals surface area (Å²) in [5.74, 6) is 1.85. The Labute approximate surface area is 115 Å². The number of nitrogens with one attached hydrogen (secondary N) is 1. The van der Waals surface area contributed by atoms with Crippen molar-refractivity contribution < 1.29 is 4.79 Å². The van der Waals surface area contributed by atoms with Crippen LogP contribution in [0.1, 0.15) is 33.6 Å². The summed E-state index contributed by atoms with van der Waals surface area (Å²) >= 11 is 0. The molecule has 1 aromatic heterocycles. The highest BCUT2D eigenvalue weighted by atomic mass is 16.1. The second-order valence-corrected chi connectivity index (χ2v) is 5.72. The van der Waals surface area contributed by atoms with Crippen LogP contribution in [0.4, 0.5) is 11.5 Å². The van der Waals surface area contributed by atoms with Crippen molar-refractivity contribution in [1.29, 1.82) is 0 Å². The van der Waals surface area contributed by atoms with Gasteiger partial charge >= 0.3 is 0 Å². The van der Waals surface area contributed by atoms with Crippen LogP contribution in [0.15, 0.2) is 18.3 Å². The molecule has 1 amide bonds. The molecule has 0 atom stereocenters. The lowest BCUT2D eigenvalue weighted by Gasteiger charge is -2.31. The van der Waals surface area contributed by atoms with E-state index < -0.39 is 0 Å². The van der Waals surface area contributed by atoms with Crippen molar-refractivity contribution in [3.05, 3.63) is 18.3 Å². The lowest BCUT2D eigenvalue weighted by molar-refractivity contribution is -0.118. The van der Waals surface area contributed by atoms with Gasteiger partial charge in [-0.3, -0.25) is 4.79 Å². The van der Waals surface area contributed by atoms with E-state index in [9.17, 15) is 4.79 Å². The number of amides is 1. The van der Waals surface area contributed by atoms with Crippen LogP contribution < -0.4 is 10.2 Å². The van der Waals surface area contributed by atoms with E-state index in [4.69, 9.17) is 0 Å². The van der Waals surface area contributed by atoms with Gasteiger partial charge in [-0.15, -0.1) is 0 Å². The third kappa shape index (κ3) is 3.69. The first-order valence-corrected chi connectivity index (χ1v) is 7.08. The molecule has 0 saturated carbocycles. The van der Waals surface area contributed by atoms with E-state index in [2.05, 4.69) is 22.1 Å². The van der Waals surface area contributed by atoms with E-state index in [-0.39, 0.29) is 11.8 Å². The predicted octanol–water partition coefficient (Wildman–Crippen LogP) is 2.91. The number of aromatic nitrogens is 1. The molecule has 0 aliphatic carbocycles. The second kappa shape index (κ2) is 6.04. The molecule has 1 N–H and O–H groups in total. The molecule has 0 bridgehead atoms. The lowest BCUT2D eigenvalue weighted by Crippen LogP contribution is -2.33. The van der Waals surface area contributed by atoms with Gasteiger partial charge < -0.3 is 10.2 Å². The molecule has 1 fully saturated rings. The fraction of sp³-hybridized carbons (Fsp3) is 0.600. The van der Waals surface area contributed by atoms with E-state index in [0.717, 1.165) is 30.5 Å². The SMILES string of the molecule is CC1CCN(c2ccc(NC(=O)C(C)C)cn2)CC1. The number of anilines is 2. The highest BCUT2D eigenvalue weighted by Crippen LogP contribution is 2.22. The van der Waals surface area contributed by atoms with Crippen molar-refractivity contribution in [3.8, 4) is 0 Å². The Bertz CT molecular complexity index is 420. The van der Waals surface area contributed by atoms with Crippen molar-refractivity contribution in [2.45, 2.75) is 33.6 Å². The van der Waals surface area contributed by atoms with Gasteiger partial charge in [0.2, 0.25) is 5.91 Å². The Hall–Kier alpha value is -1.58. The Balaban J connectivity index is 1.96. The highest BCUT2D eigenvalue weighted by molar-refractivity contribution is 5.91. The van der Waals surface area contributed by atoms with Crippen molar-refractivity contribution in [3.63, 3.8) is 0 Å². The van der Waals surface area contributed by atoms with Crippen LogP contribution in [0.25, 0.3) is 0 Å². The number of piperidine rings is 1. The molecule has 1 saturated heterocycles. The third-order valence-electron chi connectivity index (χ3n) is 3.65. The Morgan fingerprint density at radius 2 is 2.05 bits per heavy atom. The van der Waals surface area contributed by atoms with Crippen LogP contribution in [0.3, 0.4) is 0 Å². The second-order valence-electron chi connectivity index (χ2n) is 5.72. The number of hydrogen-bond donors (Lipinski definition) is 1. The van der Waals surface area contributed by atoms with Gasteiger partial charge in [0.25, 0.3) is 0 Å². The summed E-state index contributed by atoms with van der Waals surface area (Å²) in [6, 6.07) is 3.92. The number of nitrogens with zero attached hydrogens (tertiary/aromatic N) is 2. The molecule has 0 spiro atoms. The number of hydrogen-bond acceptors (Lipinski definition) is 3. The average Bonchev–Trinajstić information content (AvgIpc) is 2.40. The Morgan fingerprint density at radius 3 is 2.58 bits per heavy atom. The van der Waals surface area contributed by atoms with Gasteiger partial charge in [-0.2, -0.15) is 0 Å². The van der Waals surface area contributed by atoms with Crippen molar-refractivity contribution in [2.24, 2.45) is 11.8 Å². The third-order valence-corrected chi connectivity index (χ3v) is 3.65. The Kier molecular flexibility index (Phi) is 4.40. The standard InChI is InChI=1S/C15H23N3O/c1-11(2)15(19)17-13-4-5-14(16-10-13)18-8-6-12(3)7-9-18/h4-5,10-12H,6-9H2,1-3H3,(H,17,19). The van der Waals surface area contributed by atoms with Crippen molar-refractivity contribution in [2.75, 3.05) is 23.3 Å². The molecule has 2 heterocycles. The maximum absolute atomic E-state index is 11.6. The Morgan fingerprint density at radius 1 is 1.37 bits per heavy atom. The van der Waals surface area contributed by atoms with Crippen LogP contribution >= 0.6 is 0 Å². The lowest BCUT2D eigenvalue weighted by atomic mass is 9.99. The van der Waals surface area contributed by atoms with Gasteiger partial charge in [0.1, 0.15) is 5.82 Å². The van der Waals surface area contributed by atoms with Crippen molar-refractivity contribution in [1.82, 2.24) is 4.98 Å². The van der Waals surface area contributed by atoms with E-state index in [1.807, 2.05) is 26.0 Å². The molecule has 0 unspecified atom stereocenters. The monoisotopic (exact) mass is 261 g/mol. The fourth-order valence-corrected chi connectivity index (χ4v) is 2.17. The molecule has 1 aromatic rings. The summed E-state index contributed by atoms with van der Waals surface area (Å²) in [6.45, 7) is 8.21. The van der Waals surface area contributed by atoms with E-state index in [1.54, 1.807) is 6.20 Å². The van der Waals surface area contributed by atoms with Gasteiger partial charge in [0.15, 0.2) is 0 Å². The van der Waals surface area contributed by atoms with Crippen LogP contribution in [0.2, 0.25) is 0 Å². The smallest absolute Gasteiger partial charge is 0.226 e. The predicted molar refractivity (Wildman–Crippen MR) is 78.3 cm³/mol. The van der Waals surface area contributed by atoms with Gasteiger partial charge in [-0.25, -0.2) is 4.98 Å². The maximum Gasteiger partial charge on any atom is 0.226 e. The summed E-state index contributed by atoms with van der Waals surface area (Å²) in [7, 11) is 0. The summed E-state index contributed by atoms with van der Waals surface area (Å²) in [4.78, 5) is 18.4. The molecular formula is C15H23N3O. The topological polar surface area (TPSA) is 45.2 Å². The molecule has 19 heavy (non-hydrogen) atoms. The molecule has 0 aromatic carbocycles. The molecule has 1 aliphatic heterocycles. The van der Waals surface area contributed by atoms with Gasteiger partial charge in [0, 0.05) is 19.0 Å². The van der Waals surface area contributed by atoms with Crippen molar-refractivity contribution >= 4 is 17.4 Å². The maximum atomic E-state index is 11.6. The summed E-state index contributed by atoms with van der Waals surface area (Å²) in [5, 5.41) is 2.86. The normalized spacial score (nSPS) is 16.7. The van der Waals surface area contributed by atoms with Gasteiger partial charge in [0.05, 0.1) is 11.9 Å². The zero-order chi connectivity index (χ0) is 13.8. The van der Waals surface area contributed by atoms with Gasteiger partial charge in [-0.05, 0) is 30.9 Å². The molecule has 1 aliphatic rings. The summed E-state index contributed by atoms with van der Waals surface area (Å²) in [5.41, 5.74) is 0.771. The molecule has 0 radical (unpaired) electrons. The minimum Gasteiger partial charge on any atom is -0.357 e. The molecule has 104 valence electrons. The van der Waals surface area contributed by atoms with Gasteiger partial charge in [-0.1, -0.05) is 20.8 Å². The number of carbonyl (C=O) groups excluding carboxylic acids is 1. The summed E-state index contributed by atoms with van der Waals surface area (Å²) < 4.78 is 0. The van der Waals surface area contributed by atoms with E-state index in [0.29, 0.717) is 0 Å². The van der Waals surface area contributed by atoms with E-state index in [1.165, 1.54) is 12.8 Å². The first kappa shape index (κ1) is 13.8.